The third kappa shape index (κ3) is 8.44. The third-order valence-corrected chi connectivity index (χ3v) is 10.2. The minimum atomic E-state index is -8.67. The SMILES string of the molecule is O=C(O)c1ccc(N2CCN(Cc3ccc(SCCC(F)(F)C(F)(F)C(F)(F)C(F)(F)C(F)(F)C(F)(F)C(F)(F)C(F)(F)F)cc3-c3ccc(Cl)cc3)CC2)cc1. The highest BCUT2D eigenvalue weighted by Crippen LogP contribution is 2.64. The Morgan fingerprint density at radius 2 is 1.12 bits per heavy atom. The summed E-state index contributed by atoms with van der Waals surface area (Å²) in [6, 6.07) is 16.4. The quantitative estimate of drug-likeness (QED) is 0.122. The van der Waals surface area contributed by atoms with Crippen LogP contribution < -0.4 is 4.90 Å². The zero-order valence-electron chi connectivity index (χ0n) is 28.3. The summed E-state index contributed by atoms with van der Waals surface area (Å²) in [7, 11) is 0. The number of thioether (sulfide) groups is 1. The van der Waals surface area contributed by atoms with E-state index in [-0.39, 0.29) is 28.8 Å². The van der Waals surface area contributed by atoms with Gasteiger partial charge in [0.1, 0.15) is 0 Å². The fourth-order valence-corrected chi connectivity index (χ4v) is 6.64. The van der Waals surface area contributed by atoms with Crippen molar-refractivity contribution in [1.82, 2.24) is 4.90 Å². The number of carboxylic acid groups (broad SMARTS) is 1. The number of hydrogen-bond donors (Lipinski definition) is 1. The number of alkyl halides is 17. The minimum Gasteiger partial charge on any atom is -0.478 e. The highest BCUT2D eigenvalue weighted by molar-refractivity contribution is 7.99. The van der Waals surface area contributed by atoms with E-state index in [2.05, 4.69) is 0 Å². The van der Waals surface area contributed by atoms with Crippen molar-refractivity contribution >= 4 is 35.0 Å². The van der Waals surface area contributed by atoms with Crippen LogP contribution in [0.5, 0.6) is 0 Å². The molecular weight excluding hydrogens is 859 g/mol. The monoisotopic (exact) mass is 884 g/mol. The molecule has 0 unspecified atom stereocenters. The van der Waals surface area contributed by atoms with Gasteiger partial charge in [0.25, 0.3) is 0 Å². The minimum absolute atomic E-state index is 0.0184. The number of anilines is 1. The van der Waals surface area contributed by atoms with Gasteiger partial charge in [-0.2, -0.15) is 74.6 Å². The first-order chi connectivity index (χ1) is 25.9. The lowest BCUT2D eigenvalue weighted by Gasteiger charge is -2.42. The van der Waals surface area contributed by atoms with E-state index in [0.717, 1.165) is 5.69 Å². The molecule has 1 fully saturated rings. The highest BCUT2D eigenvalue weighted by atomic mass is 35.5. The van der Waals surface area contributed by atoms with E-state index in [4.69, 9.17) is 16.7 Å². The van der Waals surface area contributed by atoms with Crippen LogP contribution in [0.15, 0.2) is 71.6 Å². The summed E-state index contributed by atoms with van der Waals surface area (Å²) in [4.78, 5) is 15.2. The number of rotatable bonds is 15. The van der Waals surface area contributed by atoms with Crippen molar-refractivity contribution in [2.45, 2.75) is 65.5 Å². The largest absolute Gasteiger partial charge is 0.478 e. The standard InChI is InChI=1S/C34H26ClF17N2O2S/c35-22-6-1-19(2-7-22)25-17-24(10-5-21(25)18-53-12-14-54(15-13-53)23-8-3-20(4-9-23)26(55)56)57-16-11-27(36,37)28(38,39)29(40,41)30(42,43)31(44,45)32(46,47)33(48,49)34(50,51)52/h1-10,17H,11-16,18H2,(H,55,56). The molecule has 57 heavy (non-hydrogen) atoms. The van der Waals surface area contributed by atoms with E-state index < -0.39 is 65.8 Å². The molecule has 0 radical (unpaired) electrons. The van der Waals surface area contributed by atoms with E-state index in [0.29, 0.717) is 47.9 Å². The Balaban J connectivity index is 1.51. The van der Waals surface area contributed by atoms with Gasteiger partial charge >= 0.3 is 53.6 Å². The van der Waals surface area contributed by atoms with Gasteiger partial charge in [0.15, 0.2) is 0 Å². The van der Waals surface area contributed by atoms with Crippen molar-refractivity contribution in [3.05, 3.63) is 82.9 Å². The number of carboxylic acids is 1. The van der Waals surface area contributed by atoms with Gasteiger partial charge in [-0.3, -0.25) is 4.90 Å². The highest BCUT2D eigenvalue weighted by Gasteiger charge is 2.95. The molecular formula is C34H26ClF17N2O2S. The van der Waals surface area contributed by atoms with Gasteiger partial charge in [0, 0.05) is 60.5 Å². The van der Waals surface area contributed by atoms with Crippen LogP contribution in [-0.4, -0.2) is 95.5 Å². The van der Waals surface area contributed by atoms with Crippen LogP contribution in [0.3, 0.4) is 0 Å². The second-order valence-electron chi connectivity index (χ2n) is 12.7. The molecule has 0 bridgehead atoms. The van der Waals surface area contributed by atoms with Gasteiger partial charge in [0.2, 0.25) is 0 Å². The van der Waals surface area contributed by atoms with E-state index in [9.17, 15) is 79.4 Å². The second-order valence-corrected chi connectivity index (χ2v) is 14.3. The first-order valence-electron chi connectivity index (χ1n) is 16.0. The second kappa shape index (κ2) is 15.8. The maximum Gasteiger partial charge on any atom is 0.460 e. The van der Waals surface area contributed by atoms with Crippen LogP contribution in [0.1, 0.15) is 22.3 Å². The normalized spacial score (nSPS) is 15.9. The molecule has 0 aromatic heterocycles. The molecule has 0 saturated carbocycles. The average molecular weight is 885 g/mol. The Morgan fingerprint density at radius 3 is 1.61 bits per heavy atom. The summed E-state index contributed by atoms with van der Waals surface area (Å²) in [6.07, 6.45) is -10.4. The molecule has 0 spiro atoms. The van der Waals surface area contributed by atoms with Crippen molar-refractivity contribution in [2.75, 3.05) is 36.8 Å². The van der Waals surface area contributed by atoms with Gasteiger partial charge in [-0.15, -0.1) is 11.8 Å². The zero-order chi connectivity index (χ0) is 43.2. The lowest BCUT2D eigenvalue weighted by molar-refractivity contribution is -0.461. The topological polar surface area (TPSA) is 43.8 Å². The van der Waals surface area contributed by atoms with Crippen molar-refractivity contribution in [3.63, 3.8) is 0 Å². The summed E-state index contributed by atoms with van der Waals surface area (Å²) >= 11 is 6.22. The summed E-state index contributed by atoms with van der Waals surface area (Å²) in [5, 5.41) is 9.42. The van der Waals surface area contributed by atoms with Gasteiger partial charge in [-0.1, -0.05) is 29.8 Å². The molecule has 316 valence electrons. The van der Waals surface area contributed by atoms with Gasteiger partial charge in [0.05, 0.1) is 5.56 Å². The van der Waals surface area contributed by atoms with E-state index in [1.54, 1.807) is 24.3 Å². The molecule has 3 aromatic rings. The Labute approximate surface area is 320 Å². The molecule has 4 rings (SSSR count). The fraction of sp³-hybridized carbons (Fsp3) is 0.441. The van der Waals surface area contributed by atoms with Crippen LogP contribution in [0.4, 0.5) is 80.3 Å². The van der Waals surface area contributed by atoms with Crippen molar-refractivity contribution in [3.8, 4) is 11.1 Å². The lowest BCUT2D eigenvalue weighted by atomic mass is 9.88. The van der Waals surface area contributed by atoms with Crippen LogP contribution in [-0.2, 0) is 6.54 Å². The van der Waals surface area contributed by atoms with Gasteiger partial charge in [-0.25, -0.2) is 4.79 Å². The Kier molecular flexibility index (Phi) is 12.8. The molecule has 3 aromatic carbocycles. The maximum absolute atomic E-state index is 14.5. The van der Waals surface area contributed by atoms with Crippen LogP contribution in [0.2, 0.25) is 5.02 Å². The van der Waals surface area contributed by atoms with Crippen molar-refractivity contribution < 1.29 is 84.5 Å². The van der Waals surface area contributed by atoms with Crippen LogP contribution in [0, 0.1) is 0 Å². The molecule has 1 N–H and O–H groups in total. The third-order valence-electron chi connectivity index (χ3n) is 8.95. The van der Waals surface area contributed by atoms with Gasteiger partial charge in [-0.05, 0) is 65.2 Å². The molecule has 4 nitrogen and oxygen atoms in total. The molecule has 0 amide bonds. The molecule has 0 atom stereocenters. The zero-order valence-corrected chi connectivity index (χ0v) is 29.8. The number of halogens is 18. The van der Waals surface area contributed by atoms with Crippen molar-refractivity contribution in [1.29, 1.82) is 0 Å². The van der Waals surface area contributed by atoms with E-state index in [1.807, 2.05) is 9.80 Å². The Bertz CT molecular complexity index is 1880. The van der Waals surface area contributed by atoms with Crippen LogP contribution in [0.25, 0.3) is 11.1 Å². The molecule has 1 aliphatic rings. The first kappa shape index (κ1) is 46.0. The van der Waals surface area contributed by atoms with Crippen molar-refractivity contribution in [2.24, 2.45) is 0 Å². The molecule has 23 heteroatoms. The predicted octanol–water partition coefficient (Wildman–Crippen LogP) is 11.5. The van der Waals surface area contributed by atoms with Gasteiger partial charge < -0.3 is 10.0 Å². The summed E-state index contributed by atoms with van der Waals surface area (Å²) in [6.45, 7) is 2.30. The number of benzene rings is 3. The predicted molar refractivity (Wildman–Crippen MR) is 174 cm³/mol. The summed E-state index contributed by atoms with van der Waals surface area (Å²) in [5.41, 5.74) is 2.40. The Morgan fingerprint density at radius 1 is 0.632 bits per heavy atom. The average Bonchev–Trinajstić information content (AvgIpc) is 3.12. The van der Waals surface area contributed by atoms with E-state index >= 15 is 0 Å². The number of hydrogen-bond acceptors (Lipinski definition) is 4. The lowest BCUT2D eigenvalue weighted by Crippen LogP contribution is -2.74. The maximum atomic E-state index is 14.5. The summed E-state index contributed by atoms with van der Waals surface area (Å²) in [5.74, 6) is -59.0. The van der Waals surface area contributed by atoms with E-state index in [1.165, 1.54) is 42.5 Å². The molecule has 1 saturated heterocycles. The summed E-state index contributed by atoms with van der Waals surface area (Å²) < 4.78 is 232. The Hall–Kier alpha value is -3.66. The smallest absolute Gasteiger partial charge is 0.460 e. The van der Waals surface area contributed by atoms with Crippen LogP contribution >= 0.6 is 23.4 Å². The fourth-order valence-electron chi connectivity index (χ4n) is 5.55. The number of nitrogens with zero attached hydrogens (tertiary/aromatic N) is 2. The molecule has 0 aliphatic carbocycles. The number of piperazine rings is 1. The molecule has 1 heterocycles. The molecule has 1 aliphatic heterocycles. The number of carbonyl (C=O) groups is 1. The first-order valence-corrected chi connectivity index (χ1v) is 17.3. The number of aromatic carboxylic acids is 1.